The average molecular weight is 271 g/mol. The Bertz CT molecular complexity index is 332. The van der Waals surface area contributed by atoms with E-state index >= 15 is 0 Å². The maximum Gasteiger partial charge on any atom is 0.0864 e. The van der Waals surface area contributed by atoms with Gasteiger partial charge < -0.3 is 21.7 Å². The van der Waals surface area contributed by atoms with Gasteiger partial charge in [-0.2, -0.15) is 0 Å². The summed E-state index contributed by atoms with van der Waals surface area (Å²) in [7, 11) is 0. The third-order valence-electron chi connectivity index (χ3n) is 1.54. The Morgan fingerprint density at radius 2 is 1.56 bits per heavy atom. The fourth-order valence-electron chi connectivity index (χ4n) is 1.01. The summed E-state index contributed by atoms with van der Waals surface area (Å²) in [6, 6.07) is 7.94. The lowest BCUT2D eigenvalue weighted by atomic mass is 10.3. The van der Waals surface area contributed by atoms with E-state index in [1.807, 2.05) is 36.5 Å². The molecule has 0 saturated heterocycles. The minimum Gasteiger partial charge on any atom is -0.412 e. The summed E-state index contributed by atoms with van der Waals surface area (Å²) in [4.78, 5) is 4.21. The molecule has 0 atom stereocenters. The van der Waals surface area contributed by atoms with Crippen LogP contribution in [0.4, 0.5) is 11.4 Å². The van der Waals surface area contributed by atoms with Crippen LogP contribution in [-0.4, -0.2) is 22.6 Å². The molecule has 7 N–H and O–H groups in total. The molecule has 5 nitrogen and oxygen atoms in total. The molecule has 0 spiro atoms. The summed E-state index contributed by atoms with van der Waals surface area (Å²) < 4.78 is 0. The molecule has 1 aliphatic heterocycles. The number of fused-ring (bicyclic) bond motifs is 1. The van der Waals surface area contributed by atoms with Crippen molar-refractivity contribution in [1.29, 1.82) is 0 Å². The molecule has 1 aromatic carbocycles. The number of aliphatic imine (C=N–C) groups is 1. The topological polar surface area (TPSA) is 119 Å². The van der Waals surface area contributed by atoms with Crippen LogP contribution in [0.5, 0.6) is 0 Å². The van der Waals surface area contributed by atoms with Crippen molar-refractivity contribution in [3.8, 4) is 0 Å². The molecule has 1 aromatic rings. The van der Waals surface area contributed by atoms with E-state index in [0.717, 1.165) is 11.4 Å². The minimum absolute atomic E-state index is 0. The molecule has 0 amide bonds. The van der Waals surface area contributed by atoms with Gasteiger partial charge in [-0.3, -0.25) is 4.99 Å². The minimum atomic E-state index is 0. The van der Waals surface area contributed by atoms with Crippen LogP contribution in [0.3, 0.4) is 0 Å². The van der Waals surface area contributed by atoms with Gasteiger partial charge in [0.15, 0.2) is 0 Å². The van der Waals surface area contributed by atoms with E-state index < -0.39 is 0 Å². The maximum absolute atomic E-state index is 4.21. The predicted octanol–water partition coefficient (Wildman–Crippen LogP) is 0.698. The average Bonchev–Trinajstić information content (AvgIpc) is 2.28. The molecule has 7 heteroatoms. The monoisotopic (exact) mass is 270 g/mol. The van der Waals surface area contributed by atoms with Crippen molar-refractivity contribution < 1.29 is 16.4 Å². The molecule has 0 radical (unpaired) electrons. The SMILES string of the molecule is C1=CNc2ccccc2N=C1.Cl.Cl.O.O.O. The quantitative estimate of drug-likeness (QED) is 0.734. The summed E-state index contributed by atoms with van der Waals surface area (Å²) in [6.45, 7) is 0. The number of nitrogens with zero attached hydrogens (tertiary/aromatic N) is 1. The molecular weight excluding hydrogens is 255 g/mol. The molecule has 0 aromatic heterocycles. The van der Waals surface area contributed by atoms with Crippen molar-refractivity contribution in [2.24, 2.45) is 4.99 Å². The summed E-state index contributed by atoms with van der Waals surface area (Å²) in [5.41, 5.74) is 2.04. The third-order valence-corrected chi connectivity index (χ3v) is 1.54. The lowest BCUT2D eigenvalue weighted by Crippen LogP contribution is -1.84. The van der Waals surface area contributed by atoms with Crippen LogP contribution in [0.15, 0.2) is 41.5 Å². The van der Waals surface area contributed by atoms with Crippen molar-refractivity contribution in [1.82, 2.24) is 0 Å². The first-order chi connectivity index (χ1) is 5.47. The molecule has 0 saturated carbocycles. The molecule has 1 heterocycles. The van der Waals surface area contributed by atoms with Crippen molar-refractivity contribution in [2.45, 2.75) is 0 Å². The van der Waals surface area contributed by atoms with Gasteiger partial charge in [0.05, 0.1) is 11.4 Å². The van der Waals surface area contributed by atoms with Crippen molar-refractivity contribution >= 4 is 42.4 Å². The second-order valence-corrected chi connectivity index (χ2v) is 2.30. The zero-order valence-corrected chi connectivity index (χ0v) is 9.94. The first-order valence-corrected chi connectivity index (χ1v) is 3.51. The second kappa shape index (κ2) is 12.0. The first-order valence-electron chi connectivity index (χ1n) is 3.51. The largest absolute Gasteiger partial charge is 0.412 e. The van der Waals surface area contributed by atoms with Gasteiger partial charge in [-0.1, -0.05) is 12.1 Å². The highest BCUT2D eigenvalue weighted by Gasteiger charge is 1.96. The molecule has 0 fully saturated rings. The molecule has 16 heavy (non-hydrogen) atoms. The first kappa shape index (κ1) is 24.2. The van der Waals surface area contributed by atoms with Gasteiger partial charge in [0, 0.05) is 12.4 Å². The Balaban J connectivity index is -0.000000144. The highest BCUT2D eigenvalue weighted by atomic mass is 35.5. The van der Waals surface area contributed by atoms with Crippen LogP contribution in [0.1, 0.15) is 0 Å². The van der Waals surface area contributed by atoms with Gasteiger partial charge in [0.25, 0.3) is 0 Å². The predicted molar refractivity (Wildman–Crippen MR) is 72.7 cm³/mol. The summed E-state index contributed by atoms with van der Waals surface area (Å²) in [5.74, 6) is 0. The van der Waals surface area contributed by atoms with E-state index in [4.69, 9.17) is 0 Å². The zero-order valence-electron chi connectivity index (χ0n) is 8.31. The van der Waals surface area contributed by atoms with E-state index in [0.29, 0.717) is 0 Å². The Kier molecular flexibility index (Phi) is 18.1. The summed E-state index contributed by atoms with van der Waals surface area (Å²) in [6.07, 6.45) is 5.52. The van der Waals surface area contributed by atoms with E-state index in [-0.39, 0.29) is 41.2 Å². The molecule has 2 rings (SSSR count). The number of nitrogens with one attached hydrogen (secondary N) is 1. The van der Waals surface area contributed by atoms with Gasteiger partial charge >= 0.3 is 0 Å². The van der Waals surface area contributed by atoms with E-state index in [1.165, 1.54) is 0 Å². The molecule has 0 aliphatic carbocycles. The second-order valence-electron chi connectivity index (χ2n) is 2.30. The van der Waals surface area contributed by atoms with Crippen LogP contribution in [0, 0.1) is 0 Å². The fourth-order valence-corrected chi connectivity index (χ4v) is 1.01. The van der Waals surface area contributed by atoms with Crippen LogP contribution in [0.2, 0.25) is 0 Å². The highest BCUT2D eigenvalue weighted by molar-refractivity contribution is 5.85. The van der Waals surface area contributed by atoms with Crippen LogP contribution in [0.25, 0.3) is 0 Å². The summed E-state index contributed by atoms with van der Waals surface area (Å²) in [5, 5.41) is 3.12. The third kappa shape index (κ3) is 5.69. The number of halogens is 2. The van der Waals surface area contributed by atoms with E-state index in [9.17, 15) is 0 Å². The highest BCUT2D eigenvalue weighted by Crippen LogP contribution is 2.24. The summed E-state index contributed by atoms with van der Waals surface area (Å²) >= 11 is 0. The number of hydrogen-bond donors (Lipinski definition) is 1. The Labute approximate surface area is 106 Å². The van der Waals surface area contributed by atoms with Crippen LogP contribution < -0.4 is 5.32 Å². The van der Waals surface area contributed by atoms with Gasteiger partial charge in [-0.05, 0) is 18.2 Å². The normalized spacial score (nSPS) is 9.25. The Morgan fingerprint density at radius 1 is 0.938 bits per heavy atom. The van der Waals surface area contributed by atoms with Crippen LogP contribution in [-0.2, 0) is 0 Å². The standard InChI is InChI=1S/C9H8N2.2ClH.3H2O/c1-2-5-9-8(4-1)10-6-3-7-11-9;;;;;/h1-7,10H;2*1H;3*1H2. The van der Waals surface area contributed by atoms with Crippen molar-refractivity contribution in [2.75, 3.05) is 5.32 Å². The number of benzene rings is 1. The van der Waals surface area contributed by atoms with Gasteiger partial charge in [-0.25, -0.2) is 0 Å². The lowest BCUT2D eigenvalue weighted by Gasteiger charge is -2.00. The number of hydrogen-bond acceptors (Lipinski definition) is 2. The fraction of sp³-hybridized carbons (Fsp3) is 0. The van der Waals surface area contributed by atoms with Gasteiger partial charge in [0.1, 0.15) is 0 Å². The lowest BCUT2D eigenvalue weighted by molar-refractivity contribution is 0.823. The van der Waals surface area contributed by atoms with Crippen molar-refractivity contribution in [3.05, 3.63) is 36.5 Å². The molecule has 94 valence electrons. The molecule has 1 aliphatic rings. The number of anilines is 1. The maximum atomic E-state index is 4.21. The Morgan fingerprint density at radius 3 is 2.25 bits per heavy atom. The smallest absolute Gasteiger partial charge is 0.0864 e. The molecular formula is C9H16Cl2N2O3. The van der Waals surface area contributed by atoms with Gasteiger partial charge in [-0.15, -0.1) is 24.8 Å². The number of rotatable bonds is 0. The number of allylic oxidation sites excluding steroid dienone is 1. The molecule has 0 bridgehead atoms. The van der Waals surface area contributed by atoms with E-state index in [2.05, 4.69) is 10.3 Å². The number of para-hydroxylation sites is 2. The van der Waals surface area contributed by atoms with Gasteiger partial charge in [0.2, 0.25) is 0 Å². The van der Waals surface area contributed by atoms with Crippen molar-refractivity contribution in [3.63, 3.8) is 0 Å². The zero-order chi connectivity index (χ0) is 7.52. The Hall–Kier alpha value is -1.11. The molecule has 0 unspecified atom stereocenters. The van der Waals surface area contributed by atoms with E-state index in [1.54, 1.807) is 6.21 Å². The van der Waals surface area contributed by atoms with Crippen LogP contribution >= 0.6 is 24.8 Å².